The number of halogens is 1. The average molecular weight is 434 g/mol. The third-order valence-corrected chi connectivity index (χ3v) is 7.77. The summed E-state index contributed by atoms with van der Waals surface area (Å²) in [6, 6.07) is 11.5. The Morgan fingerprint density at radius 3 is 2.32 bits per heavy atom. The molecule has 2 aromatic rings. The molecule has 2 bridgehead atoms. The first kappa shape index (κ1) is 18.8. The molecule has 4 aliphatic carbocycles. The van der Waals surface area contributed by atoms with E-state index in [1.165, 1.54) is 4.90 Å². The summed E-state index contributed by atoms with van der Waals surface area (Å²) in [5, 5.41) is 0.593. The second-order valence-electron chi connectivity index (χ2n) is 9.02. The van der Waals surface area contributed by atoms with Crippen molar-refractivity contribution in [3.63, 3.8) is 0 Å². The van der Waals surface area contributed by atoms with Crippen LogP contribution in [0.4, 0.5) is 5.69 Å². The molecule has 0 radical (unpaired) electrons. The fourth-order valence-corrected chi connectivity index (χ4v) is 5.95. The van der Waals surface area contributed by atoms with Crippen molar-refractivity contribution >= 4 is 35.1 Å². The summed E-state index contributed by atoms with van der Waals surface area (Å²) in [4.78, 5) is 40.6. The first-order valence-corrected chi connectivity index (χ1v) is 11.0. The number of rotatable bonds is 3. The quantitative estimate of drug-likeness (QED) is 0.311. The molecule has 0 spiro atoms. The van der Waals surface area contributed by atoms with E-state index >= 15 is 0 Å². The molecular weight excluding hydrogens is 414 g/mol. The number of amides is 2. The van der Waals surface area contributed by atoms with Gasteiger partial charge in [0.2, 0.25) is 11.8 Å². The molecule has 2 aromatic carbocycles. The highest BCUT2D eigenvalue weighted by Gasteiger charge is 2.67. The van der Waals surface area contributed by atoms with Crippen LogP contribution in [0.1, 0.15) is 22.3 Å². The highest BCUT2D eigenvalue weighted by molar-refractivity contribution is 6.31. The van der Waals surface area contributed by atoms with Gasteiger partial charge in [-0.2, -0.15) is 0 Å². The molecule has 5 nitrogen and oxygen atoms in total. The van der Waals surface area contributed by atoms with Crippen molar-refractivity contribution in [3.05, 3.63) is 70.8 Å². The fourth-order valence-electron chi connectivity index (χ4n) is 5.83. The minimum atomic E-state index is -0.553. The minimum absolute atomic E-state index is 0.140. The summed E-state index contributed by atoms with van der Waals surface area (Å²) in [5.41, 5.74) is 1.52. The summed E-state index contributed by atoms with van der Waals surface area (Å²) < 4.78 is 5.47. The van der Waals surface area contributed by atoms with Gasteiger partial charge in [0.15, 0.2) is 0 Å². The maximum atomic E-state index is 13.3. The monoisotopic (exact) mass is 433 g/mol. The van der Waals surface area contributed by atoms with Gasteiger partial charge in [-0.15, -0.1) is 0 Å². The zero-order chi connectivity index (χ0) is 21.4. The number of hydrogen-bond donors (Lipinski definition) is 0. The lowest BCUT2D eigenvalue weighted by atomic mass is 9.63. The Morgan fingerprint density at radius 2 is 1.68 bits per heavy atom. The largest absolute Gasteiger partial charge is 0.423 e. The molecule has 6 atom stereocenters. The van der Waals surface area contributed by atoms with Crippen molar-refractivity contribution in [2.75, 3.05) is 4.90 Å². The Balaban J connectivity index is 1.28. The van der Waals surface area contributed by atoms with Crippen molar-refractivity contribution in [2.45, 2.75) is 13.3 Å². The molecule has 3 fully saturated rings. The van der Waals surface area contributed by atoms with Crippen LogP contribution >= 0.6 is 11.6 Å². The van der Waals surface area contributed by atoms with Gasteiger partial charge < -0.3 is 4.74 Å². The maximum Gasteiger partial charge on any atom is 0.343 e. The predicted molar refractivity (Wildman–Crippen MR) is 115 cm³/mol. The molecule has 7 rings (SSSR count). The van der Waals surface area contributed by atoms with E-state index < -0.39 is 5.97 Å². The molecule has 6 heteroatoms. The van der Waals surface area contributed by atoms with Crippen molar-refractivity contribution in [2.24, 2.45) is 35.5 Å². The number of carbonyl (C=O) groups excluding carboxylic acids is 3. The molecule has 1 saturated heterocycles. The van der Waals surface area contributed by atoms with E-state index in [1.54, 1.807) is 42.5 Å². The van der Waals surface area contributed by atoms with E-state index in [4.69, 9.17) is 16.3 Å². The number of ether oxygens (including phenoxy) is 1. The molecule has 0 unspecified atom stereocenters. The topological polar surface area (TPSA) is 63.7 Å². The number of nitrogens with zero attached hydrogens (tertiary/aromatic N) is 1. The van der Waals surface area contributed by atoms with E-state index in [0.717, 1.165) is 12.0 Å². The van der Waals surface area contributed by atoms with Crippen LogP contribution in [0, 0.1) is 42.4 Å². The number of imide groups is 1. The third-order valence-electron chi connectivity index (χ3n) is 7.34. The van der Waals surface area contributed by atoms with Crippen LogP contribution in [0.15, 0.2) is 54.6 Å². The Hall–Kier alpha value is -2.92. The molecule has 156 valence electrons. The standard InChI is InChI=1S/C25H20ClNO4/c1-12-9-15(5-8-20(12)26)31-25(30)13-3-2-4-14(10-13)27-23(28)21-16-6-7-17(19-11-18(16)19)22(21)24(27)29/h2-10,16-19,21-22H,11H2,1H3/t16-,17-,18-,19-,21+,22+/m1/s1. The minimum Gasteiger partial charge on any atom is -0.423 e. The molecule has 0 N–H and O–H groups in total. The maximum absolute atomic E-state index is 13.3. The van der Waals surface area contributed by atoms with Gasteiger partial charge in [0.05, 0.1) is 23.1 Å². The molecule has 1 aliphatic heterocycles. The average Bonchev–Trinajstić information content (AvgIpc) is 3.54. The summed E-state index contributed by atoms with van der Waals surface area (Å²) in [6.07, 6.45) is 5.43. The van der Waals surface area contributed by atoms with Crippen molar-refractivity contribution in [1.82, 2.24) is 0 Å². The second kappa shape index (κ2) is 6.54. The smallest absolute Gasteiger partial charge is 0.343 e. The zero-order valence-corrected chi connectivity index (χ0v) is 17.6. The third kappa shape index (κ3) is 2.72. The summed E-state index contributed by atoms with van der Waals surface area (Å²) in [7, 11) is 0. The zero-order valence-electron chi connectivity index (χ0n) is 16.8. The molecule has 0 aromatic heterocycles. The van der Waals surface area contributed by atoms with Gasteiger partial charge in [-0.25, -0.2) is 9.69 Å². The molecule has 2 amide bonds. The van der Waals surface area contributed by atoms with E-state index in [1.807, 2.05) is 6.92 Å². The molecule has 2 saturated carbocycles. The summed E-state index contributed by atoms with van der Waals surface area (Å²) >= 11 is 6.03. The van der Waals surface area contributed by atoms with Crippen molar-refractivity contribution in [1.29, 1.82) is 0 Å². The highest BCUT2D eigenvalue weighted by Crippen LogP contribution is 2.65. The van der Waals surface area contributed by atoms with Gasteiger partial charge in [-0.3, -0.25) is 9.59 Å². The molecule has 5 aliphatic rings. The highest BCUT2D eigenvalue weighted by atomic mass is 35.5. The lowest BCUT2D eigenvalue weighted by Crippen LogP contribution is -2.40. The van der Waals surface area contributed by atoms with E-state index in [-0.39, 0.29) is 41.0 Å². The normalized spacial score (nSPS) is 32.1. The van der Waals surface area contributed by atoms with Crippen LogP contribution in [-0.2, 0) is 9.59 Å². The van der Waals surface area contributed by atoms with E-state index in [9.17, 15) is 14.4 Å². The van der Waals surface area contributed by atoms with Crippen molar-refractivity contribution < 1.29 is 19.1 Å². The Labute approximate surface area is 184 Å². The number of allylic oxidation sites excluding steroid dienone is 2. The lowest BCUT2D eigenvalue weighted by molar-refractivity contribution is -0.124. The van der Waals surface area contributed by atoms with Gasteiger partial charge in [0.1, 0.15) is 5.75 Å². The van der Waals surface area contributed by atoms with Crippen LogP contribution < -0.4 is 9.64 Å². The van der Waals surface area contributed by atoms with Crippen LogP contribution in [0.5, 0.6) is 5.75 Å². The number of carbonyl (C=O) groups is 3. The van der Waals surface area contributed by atoms with Gasteiger partial charge >= 0.3 is 5.97 Å². The van der Waals surface area contributed by atoms with Gasteiger partial charge in [0.25, 0.3) is 0 Å². The molecule has 1 heterocycles. The van der Waals surface area contributed by atoms with Crippen molar-refractivity contribution in [3.8, 4) is 5.75 Å². The van der Waals surface area contributed by atoms with Crippen LogP contribution in [-0.4, -0.2) is 17.8 Å². The predicted octanol–water partition coefficient (Wildman–Crippen LogP) is 4.43. The summed E-state index contributed by atoms with van der Waals surface area (Å²) in [6.45, 7) is 1.83. The van der Waals surface area contributed by atoms with E-state index in [2.05, 4.69) is 12.2 Å². The second-order valence-corrected chi connectivity index (χ2v) is 9.42. The Kier molecular flexibility index (Phi) is 3.97. The molecule has 31 heavy (non-hydrogen) atoms. The van der Waals surface area contributed by atoms with Gasteiger partial charge in [-0.1, -0.05) is 29.8 Å². The SMILES string of the molecule is Cc1cc(OC(=O)c2cccc(N3C(=O)[C@H]4[C@@H]5C=C[C@H]([C@H]6C[C@H]56)[C@@H]4C3=O)c2)ccc1Cl. The Bertz CT molecular complexity index is 1150. The Morgan fingerprint density at radius 1 is 1.00 bits per heavy atom. The molecular formula is C25H20ClNO4. The van der Waals surface area contributed by atoms with Crippen LogP contribution in [0.25, 0.3) is 0 Å². The van der Waals surface area contributed by atoms with Gasteiger partial charge in [-0.05, 0) is 79.0 Å². The fraction of sp³-hybridized carbons (Fsp3) is 0.320. The number of aryl methyl sites for hydroxylation is 1. The number of hydrogen-bond acceptors (Lipinski definition) is 4. The van der Waals surface area contributed by atoms with Gasteiger partial charge in [0, 0.05) is 5.02 Å². The number of benzene rings is 2. The van der Waals surface area contributed by atoms with Crippen LogP contribution in [0.3, 0.4) is 0 Å². The van der Waals surface area contributed by atoms with E-state index in [0.29, 0.717) is 28.3 Å². The lowest BCUT2D eigenvalue weighted by Gasteiger charge is -2.37. The van der Waals surface area contributed by atoms with Crippen LogP contribution in [0.2, 0.25) is 5.02 Å². The first-order chi connectivity index (χ1) is 14.9. The summed E-state index contributed by atoms with van der Waals surface area (Å²) in [5.74, 6) is 0.469. The first-order valence-electron chi connectivity index (χ1n) is 10.6. The number of anilines is 1. The number of esters is 1.